The molecule has 3 rings (SSSR count). The molecule has 5 atom stereocenters. The van der Waals surface area contributed by atoms with E-state index in [2.05, 4.69) is 0 Å². The highest BCUT2D eigenvalue weighted by Gasteiger charge is 2.46. The van der Waals surface area contributed by atoms with Crippen molar-refractivity contribution in [3.8, 4) is 34.5 Å². The van der Waals surface area contributed by atoms with Crippen molar-refractivity contribution in [1.82, 2.24) is 0 Å². The van der Waals surface area contributed by atoms with Gasteiger partial charge in [0.05, 0.1) is 5.56 Å². The minimum Gasteiger partial charge on any atom is -0.504 e. The molecule has 1 aliphatic rings. The number of aliphatic hydroxyl groups is 3. The summed E-state index contributed by atoms with van der Waals surface area (Å²) in [6.07, 6.45) is -9.15. The van der Waals surface area contributed by atoms with E-state index < -0.39 is 94.9 Å². The first kappa shape index (κ1) is 24.7. The standard InChI is InChI=1S/C20H20O14/c21-8-2-1-7(12(24)14(8)26)19(31)32-5-11-15(27)16(28)17(29)20(33-11)34-18(30)6-3-9(22)13(25)10(23)4-6/h1-4,11,15-17,20-29H,5H2. The van der Waals surface area contributed by atoms with E-state index in [1.54, 1.807) is 0 Å². The summed E-state index contributed by atoms with van der Waals surface area (Å²) in [4.78, 5) is 24.5. The van der Waals surface area contributed by atoms with Crippen LogP contribution >= 0.6 is 0 Å². The third-order valence-corrected chi connectivity index (χ3v) is 4.93. The number of hydrogen-bond acceptors (Lipinski definition) is 14. The van der Waals surface area contributed by atoms with Crippen molar-refractivity contribution < 1.29 is 69.8 Å². The van der Waals surface area contributed by atoms with Gasteiger partial charge in [-0.15, -0.1) is 0 Å². The molecular formula is C20H20O14. The lowest BCUT2D eigenvalue weighted by atomic mass is 9.99. The van der Waals surface area contributed by atoms with Crippen LogP contribution < -0.4 is 0 Å². The topological polar surface area (TPSA) is 244 Å². The van der Waals surface area contributed by atoms with E-state index in [1.165, 1.54) is 0 Å². The van der Waals surface area contributed by atoms with E-state index >= 15 is 0 Å². The molecule has 0 amide bonds. The van der Waals surface area contributed by atoms with Gasteiger partial charge in [0.1, 0.15) is 36.6 Å². The van der Waals surface area contributed by atoms with Crippen LogP contribution in [0.3, 0.4) is 0 Å². The Labute approximate surface area is 189 Å². The Balaban J connectivity index is 1.70. The number of aromatic hydroxyl groups is 6. The zero-order chi connectivity index (χ0) is 25.3. The predicted octanol–water partition coefficient (Wildman–Crippen LogP) is -1.26. The molecule has 34 heavy (non-hydrogen) atoms. The molecule has 9 N–H and O–H groups in total. The van der Waals surface area contributed by atoms with Gasteiger partial charge in [0.25, 0.3) is 0 Å². The number of aliphatic hydroxyl groups excluding tert-OH is 3. The molecular weight excluding hydrogens is 464 g/mol. The average Bonchev–Trinajstić information content (AvgIpc) is 2.80. The SMILES string of the molecule is O=C(OC1OC(COC(=O)c2ccc(O)c(O)c2O)C(O)C(O)C1O)c1cc(O)c(O)c(O)c1. The summed E-state index contributed by atoms with van der Waals surface area (Å²) >= 11 is 0. The van der Waals surface area contributed by atoms with Gasteiger partial charge in [-0.2, -0.15) is 0 Å². The molecule has 0 spiro atoms. The summed E-state index contributed by atoms with van der Waals surface area (Å²) in [5, 5.41) is 87.2. The highest BCUT2D eigenvalue weighted by molar-refractivity contribution is 5.94. The van der Waals surface area contributed by atoms with Crippen LogP contribution in [-0.4, -0.2) is 95.2 Å². The van der Waals surface area contributed by atoms with Gasteiger partial charge in [0.15, 0.2) is 28.7 Å². The molecule has 0 aromatic heterocycles. The van der Waals surface area contributed by atoms with Gasteiger partial charge < -0.3 is 60.2 Å². The van der Waals surface area contributed by atoms with Crippen molar-refractivity contribution in [2.45, 2.75) is 30.7 Å². The van der Waals surface area contributed by atoms with Crippen LogP contribution in [0.5, 0.6) is 34.5 Å². The summed E-state index contributed by atoms with van der Waals surface area (Å²) in [5.41, 5.74) is -1.01. The van der Waals surface area contributed by atoms with E-state index in [0.717, 1.165) is 24.3 Å². The van der Waals surface area contributed by atoms with Crippen LogP contribution in [0.2, 0.25) is 0 Å². The average molecular weight is 484 g/mol. The Morgan fingerprint density at radius 3 is 2.00 bits per heavy atom. The number of esters is 2. The highest BCUT2D eigenvalue weighted by atomic mass is 16.7. The molecule has 1 heterocycles. The van der Waals surface area contributed by atoms with Gasteiger partial charge in [0.2, 0.25) is 12.0 Å². The monoisotopic (exact) mass is 484 g/mol. The number of carbonyl (C=O) groups excluding carboxylic acids is 2. The van der Waals surface area contributed by atoms with Crippen molar-refractivity contribution in [2.24, 2.45) is 0 Å². The van der Waals surface area contributed by atoms with Crippen LogP contribution in [0, 0.1) is 0 Å². The molecule has 1 saturated heterocycles. The predicted molar refractivity (Wildman–Crippen MR) is 105 cm³/mol. The maximum Gasteiger partial charge on any atom is 0.342 e. The summed E-state index contributed by atoms with van der Waals surface area (Å²) in [7, 11) is 0. The highest BCUT2D eigenvalue weighted by Crippen LogP contribution is 2.38. The number of ether oxygens (including phenoxy) is 3. The van der Waals surface area contributed by atoms with Gasteiger partial charge in [-0.3, -0.25) is 0 Å². The third-order valence-electron chi connectivity index (χ3n) is 4.93. The van der Waals surface area contributed by atoms with E-state index in [4.69, 9.17) is 14.2 Å². The second-order valence-electron chi connectivity index (χ2n) is 7.21. The van der Waals surface area contributed by atoms with Crippen LogP contribution in [0.25, 0.3) is 0 Å². The van der Waals surface area contributed by atoms with E-state index in [1.807, 2.05) is 0 Å². The zero-order valence-corrected chi connectivity index (χ0v) is 17.0. The quantitative estimate of drug-likeness (QED) is 0.178. The van der Waals surface area contributed by atoms with Gasteiger partial charge in [0, 0.05) is 0 Å². The van der Waals surface area contributed by atoms with Crippen molar-refractivity contribution in [3.05, 3.63) is 35.4 Å². The van der Waals surface area contributed by atoms with Crippen molar-refractivity contribution in [3.63, 3.8) is 0 Å². The fourth-order valence-corrected chi connectivity index (χ4v) is 3.02. The molecule has 14 nitrogen and oxygen atoms in total. The van der Waals surface area contributed by atoms with Crippen LogP contribution in [-0.2, 0) is 14.2 Å². The molecule has 1 fully saturated rings. The number of phenolic OH excluding ortho intramolecular Hbond substituents is 6. The van der Waals surface area contributed by atoms with Crippen LogP contribution in [0.1, 0.15) is 20.7 Å². The first-order chi connectivity index (χ1) is 15.9. The smallest absolute Gasteiger partial charge is 0.342 e. The van der Waals surface area contributed by atoms with Crippen molar-refractivity contribution in [1.29, 1.82) is 0 Å². The molecule has 2 aromatic carbocycles. The molecule has 0 saturated carbocycles. The fourth-order valence-electron chi connectivity index (χ4n) is 3.02. The second kappa shape index (κ2) is 9.48. The molecule has 0 bridgehead atoms. The lowest BCUT2D eigenvalue weighted by molar-refractivity contribution is -0.285. The minimum atomic E-state index is -1.96. The van der Waals surface area contributed by atoms with Crippen LogP contribution in [0.15, 0.2) is 24.3 Å². The normalized spacial score (nSPS) is 24.4. The van der Waals surface area contributed by atoms with Gasteiger partial charge in [-0.05, 0) is 24.3 Å². The number of hydrogen-bond donors (Lipinski definition) is 9. The Bertz CT molecular complexity index is 1080. The third kappa shape index (κ3) is 4.69. The largest absolute Gasteiger partial charge is 0.504 e. The molecule has 14 heteroatoms. The first-order valence-corrected chi connectivity index (χ1v) is 9.49. The Morgan fingerprint density at radius 1 is 0.765 bits per heavy atom. The maximum absolute atomic E-state index is 12.3. The van der Waals surface area contributed by atoms with Gasteiger partial charge in [-0.25, -0.2) is 9.59 Å². The van der Waals surface area contributed by atoms with Crippen LogP contribution in [0.4, 0.5) is 0 Å². The van der Waals surface area contributed by atoms with Crippen molar-refractivity contribution >= 4 is 11.9 Å². The maximum atomic E-state index is 12.3. The number of benzene rings is 2. The summed E-state index contributed by atoms with van der Waals surface area (Å²) in [6, 6.07) is 3.34. The second-order valence-corrected chi connectivity index (χ2v) is 7.21. The van der Waals surface area contributed by atoms with Crippen molar-refractivity contribution in [2.75, 3.05) is 6.61 Å². The Hall–Kier alpha value is -3.98. The number of rotatable bonds is 5. The molecule has 0 aliphatic carbocycles. The summed E-state index contributed by atoms with van der Waals surface area (Å²) < 4.78 is 15.0. The van der Waals surface area contributed by atoms with Gasteiger partial charge >= 0.3 is 11.9 Å². The fraction of sp³-hybridized carbons (Fsp3) is 0.300. The Morgan fingerprint density at radius 2 is 1.38 bits per heavy atom. The number of carbonyl (C=O) groups is 2. The Kier molecular flexibility index (Phi) is 6.88. The summed E-state index contributed by atoms with van der Waals surface area (Å²) in [5.74, 6) is -7.71. The molecule has 1 aliphatic heterocycles. The first-order valence-electron chi connectivity index (χ1n) is 9.49. The lowest BCUT2D eigenvalue weighted by Gasteiger charge is -2.39. The van der Waals surface area contributed by atoms with E-state index in [0.29, 0.717) is 0 Å². The van der Waals surface area contributed by atoms with E-state index in [9.17, 15) is 55.5 Å². The molecule has 0 radical (unpaired) electrons. The van der Waals surface area contributed by atoms with Gasteiger partial charge in [-0.1, -0.05) is 0 Å². The van der Waals surface area contributed by atoms with E-state index in [-0.39, 0.29) is 0 Å². The summed E-state index contributed by atoms with van der Waals surface area (Å²) in [6.45, 7) is -0.778. The molecule has 184 valence electrons. The minimum absolute atomic E-state index is 0.463. The molecule has 5 unspecified atom stereocenters. The molecule has 2 aromatic rings. The zero-order valence-electron chi connectivity index (χ0n) is 17.0. The number of phenols is 6. The lowest BCUT2D eigenvalue weighted by Crippen LogP contribution is -2.59.